The van der Waals surface area contributed by atoms with Crippen molar-refractivity contribution in [3.05, 3.63) is 130 Å². The second-order valence-corrected chi connectivity index (χ2v) is 22.8. The van der Waals surface area contributed by atoms with Crippen LogP contribution >= 0.6 is 0 Å². The second-order valence-electron chi connectivity index (χ2n) is 22.8. The third kappa shape index (κ3) is 23.4. The van der Waals surface area contributed by atoms with E-state index in [9.17, 15) is 25.2 Å². The van der Waals surface area contributed by atoms with Crippen molar-refractivity contribution < 1.29 is 39.4 Å². The molecular weight excluding hydrogens is 885 g/mol. The molecule has 2 aliphatic carbocycles. The Bertz CT molecular complexity index is 1990. The summed E-state index contributed by atoms with van der Waals surface area (Å²) in [5, 5.41) is 42.5. The van der Waals surface area contributed by atoms with E-state index in [1.165, 1.54) is 85.7 Å². The minimum absolute atomic E-state index is 0.0231. The van der Waals surface area contributed by atoms with Crippen LogP contribution in [0.2, 0.25) is 0 Å². The highest BCUT2D eigenvalue weighted by molar-refractivity contribution is 5.69. The molecule has 0 bridgehead atoms. The van der Waals surface area contributed by atoms with Crippen LogP contribution in [0.4, 0.5) is 0 Å². The summed E-state index contributed by atoms with van der Waals surface area (Å²) >= 11 is 0. The molecule has 71 heavy (non-hydrogen) atoms. The predicted octanol–water partition coefficient (Wildman–Crippen LogP) is 14.6. The zero-order chi connectivity index (χ0) is 52.6. The van der Waals surface area contributed by atoms with E-state index >= 15 is 0 Å². The summed E-state index contributed by atoms with van der Waals surface area (Å²) in [5.41, 5.74) is 9.33. The molecule has 0 aromatic carbocycles. The number of unbranched alkanes of at least 4 members (excludes halogenated alkanes) is 10. The van der Waals surface area contributed by atoms with Gasteiger partial charge in [-0.1, -0.05) is 231 Å². The van der Waals surface area contributed by atoms with Crippen molar-refractivity contribution in [1.29, 1.82) is 0 Å². The molecule has 0 amide bonds. The first-order chi connectivity index (χ1) is 33.6. The summed E-state index contributed by atoms with van der Waals surface area (Å²) in [6, 6.07) is 0. The van der Waals surface area contributed by atoms with Crippen LogP contribution in [0.5, 0.6) is 0 Å². The summed E-state index contributed by atoms with van der Waals surface area (Å²) in [5.74, 6) is 0.453. The number of ether oxygens (including phenoxy) is 3. The van der Waals surface area contributed by atoms with Gasteiger partial charge in [-0.3, -0.25) is 4.79 Å². The highest BCUT2D eigenvalue weighted by Gasteiger charge is 2.46. The van der Waals surface area contributed by atoms with Crippen molar-refractivity contribution in [2.24, 2.45) is 16.7 Å². The Morgan fingerprint density at radius 1 is 0.606 bits per heavy atom. The van der Waals surface area contributed by atoms with Gasteiger partial charge in [0, 0.05) is 6.42 Å². The fraction of sp³-hybridized carbons (Fsp3) is 0.635. The normalized spacial score (nSPS) is 26.2. The molecule has 8 nitrogen and oxygen atoms in total. The van der Waals surface area contributed by atoms with Gasteiger partial charge in [0.1, 0.15) is 31.0 Å². The van der Waals surface area contributed by atoms with E-state index in [0.29, 0.717) is 19.3 Å². The Labute approximate surface area is 431 Å². The molecule has 0 aromatic heterocycles. The Kier molecular flexibility index (Phi) is 27.7. The van der Waals surface area contributed by atoms with Gasteiger partial charge in [-0.2, -0.15) is 0 Å². The lowest BCUT2D eigenvalue weighted by molar-refractivity contribution is -0.313. The number of carbonyl (C=O) groups excluding carboxylic acids is 1. The molecule has 1 saturated heterocycles. The molecular formula is C63H98O8. The molecule has 8 heteroatoms. The first kappa shape index (κ1) is 61.7. The monoisotopic (exact) mass is 983 g/mol. The molecule has 3 rings (SSSR count). The highest BCUT2D eigenvalue weighted by atomic mass is 16.7. The van der Waals surface area contributed by atoms with Crippen molar-refractivity contribution >= 4 is 5.97 Å². The molecule has 7 atom stereocenters. The summed E-state index contributed by atoms with van der Waals surface area (Å²) in [6.45, 7) is 25.7. The number of hydrogen-bond acceptors (Lipinski definition) is 8. The smallest absolute Gasteiger partial charge is 0.305 e. The molecule has 0 aromatic rings. The van der Waals surface area contributed by atoms with Gasteiger partial charge in [0.25, 0.3) is 0 Å². The molecule has 1 heterocycles. The Morgan fingerprint density at radius 3 is 1.55 bits per heavy atom. The molecule has 3 aliphatic rings. The van der Waals surface area contributed by atoms with Crippen molar-refractivity contribution in [1.82, 2.24) is 0 Å². The Hall–Kier alpha value is -3.63. The van der Waals surface area contributed by atoms with Crippen LogP contribution in [-0.4, -0.2) is 75.9 Å². The van der Waals surface area contributed by atoms with Gasteiger partial charge in [-0.25, -0.2) is 0 Å². The fourth-order valence-electron chi connectivity index (χ4n) is 10.2. The average Bonchev–Trinajstić information content (AvgIpc) is 3.27. The van der Waals surface area contributed by atoms with Crippen LogP contribution < -0.4 is 0 Å². The zero-order valence-corrected chi connectivity index (χ0v) is 46.4. The number of carbonyl (C=O) groups is 1. The molecule has 1 fully saturated rings. The maximum atomic E-state index is 12.6. The predicted molar refractivity (Wildman–Crippen MR) is 296 cm³/mol. The quantitative estimate of drug-likeness (QED) is 0.0347. The van der Waals surface area contributed by atoms with Crippen molar-refractivity contribution in [3.63, 3.8) is 0 Å². The molecule has 7 unspecified atom stereocenters. The topological polar surface area (TPSA) is 126 Å². The lowest BCUT2D eigenvalue weighted by Crippen LogP contribution is -2.60. The molecule has 4 N–H and O–H groups in total. The van der Waals surface area contributed by atoms with Crippen molar-refractivity contribution in [2.45, 2.75) is 235 Å². The lowest BCUT2D eigenvalue weighted by atomic mass is 9.71. The van der Waals surface area contributed by atoms with E-state index in [-0.39, 0.29) is 35.6 Å². The number of esters is 1. The number of allylic oxidation sites excluding steroid dienone is 20. The van der Waals surface area contributed by atoms with Crippen LogP contribution in [-0.2, 0) is 19.0 Å². The number of hydrogen-bond donors (Lipinski definition) is 4. The number of aliphatic hydroxyl groups excluding tert-OH is 4. The average molecular weight is 983 g/mol. The molecule has 0 spiro atoms. The van der Waals surface area contributed by atoms with Crippen LogP contribution in [0.1, 0.15) is 192 Å². The van der Waals surface area contributed by atoms with E-state index in [1.807, 2.05) is 0 Å². The molecule has 0 saturated carbocycles. The minimum atomic E-state index is -1.50. The van der Waals surface area contributed by atoms with Crippen LogP contribution in [0.15, 0.2) is 130 Å². The van der Waals surface area contributed by atoms with Gasteiger partial charge in [-0.05, 0) is 102 Å². The van der Waals surface area contributed by atoms with Crippen molar-refractivity contribution in [2.75, 3.05) is 6.61 Å². The largest absolute Gasteiger partial charge is 0.463 e. The lowest BCUT2D eigenvalue weighted by Gasteiger charge is -2.43. The molecule has 1 aliphatic heterocycles. The summed E-state index contributed by atoms with van der Waals surface area (Å²) in [4.78, 5) is 12.6. The first-order valence-electron chi connectivity index (χ1n) is 27.3. The zero-order valence-electron chi connectivity index (χ0n) is 46.4. The maximum absolute atomic E-state index is 12.6. The van der Waals surface area contributed by atoms with E-state index < -0.39 is 30.7 Å². The standard InChI is InChI=1S/C63H98O8/c1-45(2)28-22-20-18-16-14-13-15-17-19-21-23-35-57(65)69-44-56-58(66)59(67)60(68)61(71-56)70-53-41-51(8)55(63(11,12)43-53)39-37-49(6)34-27-32-47(4)30-25-24-29-46(3)31-26-33-48(5)36-38-54-50(7)40-52(64)42-62(54,9)10/h24-27,29-34,36-39,45,52-53,56,58-61,64,66-68H,13-23,28,35,40-44H2,1-12H3/b25-24+,31-26+,32-27+,38-36+,39-37+,46-29+,47-30+,48-33+,49-34+. The van der Waals surface area contributed by atoms with Crippen LogP contribution in [0.25, 0.3) is 0 Å². The Balaban J connectivity index is 1.42. The third-order valence-electron chi connectivity index (χ3n) is 14.3. The van der Waals surface area contributed by atoms with Crippen LogP contribution in [0, 0.1) is 16.7 Å². The van der Waals surface area contributed by atoms with Gasteiger partial charge < -0.3 is 34.6 Å². The number of aliphatic hydroxyl groups is 4. The minimum Gasteiger partial charge on any atom is -0.463 e. The van der Waals surface area contributed by atoms with E-state index in [4.69, 9.17) is 14.2 Å². The SMILES string of the molecule is CC1=C(/C=C/C(C)=C/C=C/C(C)=C/C=C/C=C(C)/C=C/C=C(C)/C=C/C2=C(C)CC(OC3OC(COC(=O)CCCCCCCCCCCCCC(C)C)C(O)C(O)C3O)CC2(C)C)C(C)(C)CC(O)C1. The van der Waals surface area contributed by atoms with Gasteiger partial charge in [0.05, 0.1) is 12.2 Å². The van der Waals surface area contributed by atoms with E-state index in [0.717, 1.165) is 54.7 Å². The molecule has 0 radical (unpaired) electrons. The fourth-order valence-corrected chi connectivity index (χ4v) is 10.2. The molecule has 398 valence electrons. The first-order valence-corrected chi connectivity index (χ1v) is 27.3. The summed E-state index contributed by atoms with van der Waals surface area (Å²) in [6.07, 6.45) is 40.2. The maximum Gasteiger partial charge on any atom is 0.305 e. The van der Waals surface area contributed by atoms with Gasteiger partial charge in [0.15, 0.2) is 6.29 Å². The van der Waals surface area contributed by atoms with E-state index in [1.54, 1.807) is 0 Å². The highest BCUT2D eigenvalue weighted by Crippen LogP contribution is 2.43. The summed E-state index contributed by atoms with van der Waals surface area (Å²) in [7, 11) is 0. The van der Waals surface area contributed by atoms with Gasteiger partial charge >= 0.3 is 5.97 Å². The summed E-state index contributed by atoms with van der Waals surface area (Å²) < 4.78 is 17.8. The second kappa shape index (κ2) is 31.8. The number of rotatable bonds is 28. The van der Waals surface area contributed by atoms with Crippen molar-refractivity contribution in [3.8, 4) is 0 Å². The van der Waals surface area contributed by atoms with Crippen LogP contribution in [0.3, 0.4) is 0 Å². The third-order valence-corrected chi connectivity index (χ3v) is 14.3. The van der Waals surface area contributed by atoms with Gasteiger partial charge in [0.2, 0.25) is 0 Å². The van der Waals surface area contributed by atoms with E-state index in [2.05, 4.69) is 168 Å². The van der Waals surface area contributed by atoms with Gasteiger partial charge in [-0.15, -0.1) is 0 Å². The Morgan fingerprint density at radius 2 is 1.06 bits per heavy atom.